The molecule has 1 heterocycles. The molecule has 0 aromatic carbocycles. The maximum Gasteiger partial charge on any atom is 0.239 e. The number of nitrogen functional groups attached to an aromatic ring is 1. The van der Waals surface area contributed by atoms with E-state index in [0.29, 0.717) is 17.5 Å². The molecule has 5 heteroatoms. The fraction of sp³-hybridized carbons (Fsp3) is 0.688. The highest BCUT2D eigenvalue weighted by Gasteiger charge is 2.23. The topological polar surface area (TPSA) is 63.4 Å². The minimum absolute atomic E-state index is 0.168. The van der Waals surface area contributed by atoms with Crippen molar-refractivity contribution in [1.29, 1.82) is 0 Å². The van der Waals surface area contributed by atoms with Crippen molar-refractivity contribution in [3.8, 4) is 5.88 Å². The lowest BCUT2D eigenvalue weighted by Gasteiger charge is -2.28. The molecule has 118 valence electrons. The highest BCUT2D eigenvalue weighted by Crippen LogP contribution is 2.30. The third kappa shape index (κ3) is 5.42. The van der Waals surface area contributed by atoms with Crippen molar-refractivity contribution in [3.05, 3.63) is 12.1 Å². The molecule has 0 atom stereocenters. The van der Waals surface area contributed by atoms with Crippen LogP contribution in [-0.4, -0.2) is 43.7 Å². The van der Waals surface area contributed by atoms with Gasteiger partial charge in [-0.3, -0.25) is 0 Å². The second-order valence-corrected chi connectivity index (χ2v) is 7.10. The lowest BCUT2D eigenvalue weighted by atomic mass is 9.93. The molecule has 0 bridgehead atoms. The Labute approximate surface area is 127 Å². The minimum Gasteiger partial charge on any atom is -0.476 e. The number of ether oxygens (including phenoxy) is 1. The maximum absolute atomic E-state index is 5.92. The number of nitrogens with two attached hydrogens (primary N) is 1. The first-order valence-corrected chi connectivity index (χ1v) is 7.64. The number of pyridine rings is 1. The highest BCUT2D eigenvalue weighted by molar-refractivity contribution is 5.53. The van der Waals surface area contributed by atoms with Crippen molar-refractivity contribution in [1.82, 2.24) is 9.88 Å². The summed E-state index contributed by atoms with van der Waals surface area (Å²) in [6.45, 7) is 7.07. The lowest BCUT2D eigenvalue weighted by molar-refractivity contribution is 0.253. The van der Waals surface area contributed by atoms with Crippen molar-refractivity contribution in [2.75, 3.05) is 44.8 Å². The molecule has 0 saturated heterocycles. The summed E-state index contributed by atoms with van der Waals surface area (Å²) < 4.78 is 5.71. The molecule has 1 aliphatic rings. The van der Waals surface area contributed by atoms with Crippen LogP contribution in [-0.2, 0) is 0 Å². The molecule has 0 aliphatic heterocycles. The van der Waals surface area contributed by atoms with Gasteiger partial charge in [0.05, 0.1) is 12.3 Å². The van der Waals surface area contributed by atoms with Gasteiger partial charge in [-0.1, -0.05) is 13.8 Å². The molecule has 0 spiro atoms. The van der Waals surface area contributed by atoms with Crippen molar-refractivity contribution in [2.24, 2.45) is 11.3 Å². The number of hydrogen-bond donors (Lipinski definition) is 2. The molecule has 1 aromatic heterocycles. The zero-order valence-corrected chi connectivity index (χ0v) is 13.6. The number of hydrogen-bond acceptors (Lipinski definition) is 5. The molecule has 0 radical (unpaired) electrons. The summed E-state index contributed by atoms with van der Waals surface area (Å²) in [6.07, 6.45) is 2.52. The van der Waals surface area contributed by atoms with Gasteiger partial charge in [0.15, 0.2) is 0 Å². The van der Waals surface area contributed by atoms with Gasteiger partial charge in [0.1, 0.15) is 5.82 Å². The summed E-state index contributed by atoms with van der Waals surface area (Å²) in [5.41, 5.74) is 6.70. The van der Waals surface area contributed by atoms with Crippen LogP contribution in [0.3, 0.4) is 0 Å². The molecule has 1 fully saturated rings. The van der Waals surface area contributed by atoms with E-state index in [2.05, 4.69) is 43.1 Å². The number of anilines is 2. The quantitative estimate of drug-likeness (QED) is 0.770. The molecular formula is C16H28N4O. The monoisotopic (exact) mass is 292 g/mol. The summed E-state index contributed by atoms with van der Waals surface area (Å²) >= 11 is 0. The minimum atomic E-state index is 0.168. The van der Waals surface area contributed by atoms with Crippen LogP contribution in [0.25, 0.3) is 0 Å². The van der Waals surface area contributed by atoms with Crippen LogP contribution >= 0.6 is 0 Å². The van der Waals surface area contributed by atoms with E-state index in [1.807, 2.05) is 12.1 Å². The van der Waals surface area contributed by atoms with Crippen molar-refractivity contribution in [2.45, 2.75) is 26.7 Å². The van der Waals surface area contributed by atoms with Crippen LogP contribution in [0.4, 0.5) is 11.5 Å². The molecule has 0 unspecified atom stereocenters. The Kier molecular flexibility index (Phi) is 4.93. The smallest absolute Gasteiger partial charge is 0.239 e. The van der Waals surface area contributed by atoms with Crippen molar-refractivity contribution >= 4 is 11.5 Å². The van der Waals surface area contributed by atoms with Crippen molar-refractivity contribution < 1.29 is 4.74 Å². The highest BCUT2D eigenvalue weighted by atomic mass is 16.5. The van der Waals surface area contributed by atoms with Gasteiger partial charge in [-0.25, -0.2) is 0 Å². The van der Waals surface area contributed by atoms with Crippen LogP contribution in [0.5, 0.6) is 5.88 Å². The first-order chi connectivity index (χ1) is 9.85. The summed E-state index contributed by atoms with van der Waals surface area (Å²) in [5, 5.41) is 3.39. The van der Waals surface area contributed by atoms with Crippen LogP contribution in [0.15, 0.2) is 12.1 Å². The zero-order chi connectivity index (χ0) is 15.5. The van der Waals surface area contributed by atoms with Crippen LogP contribution in [0.1, 0.15) is 26.7 Å². The Balaban J connectivity index is 1.91. The van der Waals surface area contributed by atoms with Gasteiger partial charge < -0.3 is 20.7 Å². The van der Waals surface area contributed by atoms with E-state index < -0.39 is 0 Å². The average Bonchev–Trinajstić information content (AvgIpc) is 3.19. The normalized spacial score (nSPS) is 15.3. The van der Waals surface area contributed by atoms with E-state index in [4.69, 9.17) is 10.5 Å². The molecule has 1 aromatic rings. The standard InChI is InChI=1S/C16H28N4O/c1-16(2,11-20(3)4)10-18-14-8-7-13(17)15(19-14)21-9-12-5-6-12/h7-8,12H,5-6,9-11,17H2,1-4H3,(H,18,19). The zero-order valence-electron chi connectivity index (χ0n) is 13.6. The Hall–Kier alpha value is -1.49. The third-order valence-corrected chi connectivity index (χ3v) is 3.53. The molecule has 21 heavy (non-hydrogen) atoms. The van der Waals surface area contributed by atoms with Gasteiger partial charge in [-0.15, -0.1) is 0 Å². The van der Waals surface area contributed by atoms with Gasteiger partial charge in [-0.05, 0) is 50.4 Å². The van der Waals surface area contributed by atoms with Crippen LogP contribution in [0, 0.1) is 11.3 Å². The van der Waals surface area contributed by atoms with E-state index in [1.54, 1.807) is 0 Å². The van der Waals surface area contributed by atoms with E-state index in [1.165, 1.54) is 12.8 Å². The molecule has 2 rings (SSSR count). The molecule has 1 saturated carbocycles. The third-order valence-electron chi connectivity index (χ3n) is 3.53. The summed E-state index contributed by atoms with van der Waals surface area (Å²) in [7, 11) is 4.18. The predicted octanol–water partition coefficient (Wildman–Crippen LogP) is 2.45. The van der Waals surface area contributed by atoms with E-state index in [0.717, 1.165) is 25.5 Å². The van der Waals surface area contributed by atoms with Gasteiger partial charge in [0, 0.05) is 13.1 Å². The van der Waals surface area contributed by atoms with Crippen LogP contribution < -0.4 is 15.8 Å². The largest absolute Gasteiger partial charge is 0.476 e. The first-order valence-electron chi connectivity index (χ1n) is 7.64. The Morgan fingerprint density at radius 2 is 2.10 bits per heavy atom. The Morgan fingerprint density at radius 1 is 1.38 bits per heavy atom. The van der Waals surface area contributed by atoms with E-state index in [-0.39, 0.29) is 5.41 Å². The van der Waals surface area contributed by atoms with Crippen LogP contribution in [0.2, 0.25) is 0 Å². The molecule has 0 amide bonds. The average molecular weight is 292 g/mol. The van der Waals surface area contributed by atoms with Crippen molar-refractivity contribution in [3.63, 3.8) is 0 Å². The van der Waals surface area contributed by atoms with Gasteiger partial charge in [-0.2, -0.15) is 4.98 Å². The Morgan fingerprint density at radius 3 is 2.71 bits per heavy atom. The van der Waals surface area contributed by atoms with E-state index >= 15 is 0 Å². The SMILES string of the molecule is CN(C)CC(C)(C)CNc1ccc(N)c(OCC2CC2)n1. The van der Waals surface area contributed by atoms with Gasteiger partial charge >= 0.3 is 0 Å². The number of nitrogens with zero attached hydrogens (tertiary/aromatic N) is 2. The lowest BCUT2D eigenvalue weighted by Crippen LogP contribution is -2.34. The fourth-order valence-electron chi connectivity index (χ4n) is 2.39. The number of nitrogens with one attached hydrogen (secondary N) is 1. The maximum atomic E-state index is 5.92. The number of rotatable bonds is 8. The summed E-state index contributed by atoms with van der Waals surface area (Å²) in [4.78, 5) is 6.68. The summed E-state index contributed by atoms with van der Waals surface area (Å²) in [6, 6.07) is 3.77. The fourth-order valence-corrected chi connectivity index (χ4v) is 2.39. The molecule has 1 aliphatic carbocycles. The van der Waals surface area contributed by atoms with E-state index in [9.17, 15) is 0 Å². The Bertz CT molecular complexity index is 469. The molecule has 3 N–H and O–H groups in total. The number of aromatic nitrogens is 1. The first kappa shape index (κ1) is 15.9. The molecule has 5 nitrogen and oxygen atoms in total. The predicted molar refractivity (Wildman–Crippen MR) is 87.7 cm³/mol. The van der Waals surface area contributed by atoms with Gasteiger partial charge in [0.2, 0.25) is 5.88 Å². The second kappa shape index (κ2) is 6.52. The summed E-state index contributed by atoms with van der Waals surface area (Å²) in [5.74, 6) is 2.07. The second-order valence-electron chi connectivity index (χ2n) is 7.10. The van der Waals surface area contributed by atoms with Gasteiger partial charge in [0.25, 0.3) is 0 Å². The molecular weight excluding hydrogens is 264 g/mol.